The van der Waals surface area contributed by atoms with Crippen molar-refractivity contribution in [2.45, 2.75) is 38.4 Å². The van der Waals surface area contributed by atoms with Gasteiger partial charge in [-0.05, 0) is 30.9 Å². The third-order valence-corrected chi connectivity index (χ3v) is 5.40. The first kappa shape index (κ1) is 21.0. The molecule has 1 unspecified atom stereocenters. The molecule has 1 aliphatic heterocycles. The number of nitrogens with two attached hydrogens (primary N) is 1. The molecular formula is C23H22F3N5. The van der Waals surface area contributed by atoms with E-state index in [2.05, 4.69) is 15.0 Å². The van der Waals surface area contributed by atoms with Gasteiger partial charge in [0.1, 0.15) is 5.84 Å². The number of benzene rings is 2. The number of halogens is 3. The average molecular weight is 425 g/mol. The summed E-state index contributed by atoms with van der Waals surface area (Å²) in [6.07, 6.45) is -2.13. The molecule has 0 amide bonds. The quantitative estimate of drug-likeness (QED) is 0.515. The number of aliphatic imine (C=N–C) groups is 3. The van der Waals surface area contributed by atoms with Gasteiger partial charge < -0.3 is 11.1 Å². The molecule has 0 bridgehead atoms. The van der Waals surface area contributed by atoms with Crippen molar-refractivity contribution in [2.75, 3.05) is 0 Å². The summed E-state index contributed by atoms with van der Waals surface area (Å²) in [5.74, 6) is 0.120. The molecule has 1 saturated carbocycles. The molecule has 160 valence electrons. The Bertz CT molecular complexity index is 1110. The summed E-state index contributed by atoms with van der Waals surface area (Å²) in [4.78, 5) is 13.4. The Labute approximate surface area is 178 Å². The van der Waals surface area contributed by atoms with E-state index in [1.165, 1.54) is 18.2 Å². The van der Waals surface area contributed by atoms with E-state index >= 15 is 0 Å². The Balaban J connectivity index is 1.78. The Morgan fingerprint density at radius 3 is 2.48 bits per heavy atom. The molecule has 2 aliphatic rings. The van der Waals surface area contributed by atoms with Crippen LogP contribution in [0, 0.1) is 11.3 Å². The first-order valence-corrected chi connectivity index (χ1v) is 10.1. The minimum absolute atomic E-state index is 0.00706. The number of fused-ring (bicyclic) bond motifs is 1. The summed E-state index contributed by atoms with van der Waals surface area (Å²) in [6, 6.07) is 12.7. The molecule has 5 nitrogen and oxygen atoms in total. The van der Waals surface area contributed by atoms with Crippen molar-refractivity contribution in [1.29, 1.82) is 5.41 Å². The molecule has 1 aliphatic carbocycles. The summed E-state index contributed by atoms with van der Waals surface area (Å²) in [5.41, 5.74) is 6.97. The van der Waals surface area contributed by atoms with E-state index in [1.54, 1.807) is 0 Å². The number of amidine groups is 3. The fourth-order valence-electron chi connectivity index (χ4n) is 3.61. The molecule has 1 atom stereocenters. The van der Waals surface area contributed by atoms with Crippen molar-refractivity contribution in [3.8, 4) is 0 Å². The zero-order valence-corrected chi connectivity index (χ0v) is 16.9. The first-order valence-electron chi connectivity index (χ1n) is 10.1. The van der Waals surface area contributed by atoms with Gasteiger partial charge in [0, 0.05) is 17.0 Å². The Kier molecular flexibility index (Phi) is 5.47. The van der Waals surface area contributed by atoms with E-state index in [0.717, 1.165) is 36.5 Å². The molecule has 0 spiro atoms. The van der Waals surface area contributed by atoms with E-state index in [9.17, 15) is 13.2 Å². The molecule has 4 rings (SSSR count). The number of alkyl halides is 3. The molecule has 0 saturated heterocycles. The highest BCUT2D eigenvalue weighted by Gasteiger charge is 2.35. The largest absolute Gasteiger partial charge is 0.417 e. The lowest BCUT2D eigenvalue weighted by molar-refractivity contribution is -0.137. The topological polar surface area (TPSA) is 86.9 Å². The van der Waals surface area contributed by atoms with E-state index in [-0.39, 0.29) is 34.9 Å². The predicted molar refractivity (Wildman–Crippen MR) is 116 cm³/mol. The predicted octanol–water partition coefficient (Wildman–Crippen LogP) is 5.15. The van der Waals surface area contributed by atoms with Gasteiger partial charge in [0.05, 0.1) is 17.3 Å². The highest BCUT2D eigenvalue weighted by atomic mass is 19.4. The summed E-state index contributed by atoms with van der Waals surface area (Å²) < 4.78 is 40.2. The van der Waals surface area contributed by atoms with Crippen LogP contribution in [0.15, 0.2) is 63.5 Å². The second kappa shape index (κ2) is 8.09. The van der Waals surface area contributed by atoms with Gasteiger partial charge in [0.15, 0.2) is 11.7 Å². The van der Waals surface area contributed by atoms with Crippen LogP contribution >= 0.6 is 0 Å². The fourth-order valence-corrected chi connectivity index (χ4v) is 3.61. The second-order valence-corrected chi connectivity index (χ2v) is 7.63. The number of nitrogens with one attached hydrogen (secondary N) is 1. The summed E-state index contributed by atoms with van der Waals surface area (Å²) in [7, 11) is 0. The number of nitrogens with zero attached hydrogens (tertiary/aromatic N) is 3. The molecular weight excluding hydrogens is 403 g/mol. The van der Waals surface area contributed by atoms with Gasteiger partial charge in [-0.2, -0.15) is 13.2 Å². The van der Waals surface area contributed by atoms with Gasteiger partial charge in [0.2, 0.25) is 0 Å². The van der Waals surface area contributed by atoms with Crippen LogP contribution in [0.1, 0.15) is 54.5 Å². The van der Waals surface area contributed by atoms with Crippen molar-refractivity contribution in [1.82, 2.24) is 0 Å². The average Bonchev–Trinajstić information content (AvgIpc) is 3.55. The normalized spacial score (nSPS) is 19.2. The first-order chi connectivity index (χ1) is 14.8. The maximum atomic E-state index is 13.4. The summed E-state index contributed by atoms with van der Waals surface area (Å²) >= 11 is 0. The lowest BCUT2D eigenvalue weighted by Gasteiger charge is -2.12. The molecule has 2 aromatic carbocycles. The molecule has 3 N–H and O–H groups in total. The molecule has 1 fully saturated rings. The van der Waals surface area contributed by atoms with E-state index in [1.807, 2.05) is 31.2 Å². The zero-order valence-electron chi connectivity index (χ0n) is 16.9. The second-order valence-electron chi connectivity index (χ2n) is 7.63. The number of hydrogen-bond acceptors (Lipinski definition) is 3. The number of hydrogen-bond donors (Lipinski definition) is 2. The van der Waals surface area contributed by atoms with Crippen LogP contribution in [0.3, 0.4) is 0 Å². The minimum Gasteiger partial charge on any atom is -0.383 e. The SMILES string of the molecule is CCC1N=C(N=C(N=C(N)c2ccccc2C(F)(F)F)C(=N)C2CC2)c2ccccc21. The lowest BCUT2D eigenvalue weighted by atomic mass is 10.0. The van der Waals surface area contributed by atoms with Crippen molar-refractivity contribution < 1.29 is 13.2 Å². The van der Waals surface area contributed by atoms with E-state index in [0.29, 0.717) is 5.84 Å². The minimum atomic E-state index is -4.57. The van der Waals surface area contributed by atoms with Crippen molar-refractivity contribution in [2.24, 2.45) is 26.6 Å². The van der Waals surface area contributed by atoms with Crippen LogP contribution in [0.4, 0.5) is 13.2 Å². The monoisotopic (exact) mass is 425 g/mol. The van der Waals surface area contributed by atoms with Crippen LogP contribution in [-0.2, 0) is 6.18 Å². The van der Waals surface area contributed by atoms with Gasteiger partial charge in [0.25, 0.3) is 0 Å². The third-order valence-electron chi connectivity index (χ3n) is 5.40. The summed E-state index contributed by atoms with van der Waals surface area (Å²) in [6.45, 7) is 2.02. The van der Waals surface area contributed by atoms with Crippen LogP contribution in [0.25, 0.3) is 0 Å². The van der Waals surface area contributed by atoms with Crippen molar-refractivity contribution in [3.05, 3.63) is 70.8 Å². The fraction of sp³-hybridized carbons (Fsp3) is 0.304. The van der Waals surface area contributed by atoms with Gasteiger partial charge in [-0.15, -0.1) is 0 Å². The van der Waals surface area contributed by atoms with Crippen LogP contribution in [0.2, 0.25) is 0 Å². The Hall–Kier alpha value is -3.29. The Morgan fingerprint density at radius 2 is 1.81 bits per heavy atom. The molecule has 2 aromatic rings. The number of rotatable bonds is 4. The van der Waals surface area contributed by atoms with Crippen LogP contribution in [-0.4, -0.2) is 23.2 Å². The highest BCUT2D eigenvalue weighted by molar-refractivity contribution is 6.45. The molecule has 0 aromatic heterocycles. The molecule has 0 radical (unpaired) electrons. The molecule has 31 heavy (non-hydrogen) atoms. The van der Waals surface area contributed by atoms with Gasteiger partial charge in [-0.1, -0.05) is 49.4 Å². The van der Waals surface area contributed by atoms with Gasteiger partial charge in [-0.3, -0.25) is 4.99 Å². The third kappa shape index (κ3) is 4.28. The maximum Gasteiger partial charge on any atom is 0.417 e. The van der Waals surface area contributed by atoms with Gasteiger partial charge in [-0.25, -0.2) is 9.98 Å². The summed E-state index contributed by atoms with van der Waals surface area (Å²) in [5, 5.41) is 8.47. The van der Waals surface area contributed by atoms with Gasteiger partial charge >= 0.3 is 6.18 Å². The van der Waals surface area contributed by atoms with E-state index < -0.39 is 11.7 Å². The Morgan fingerprint density at radius 1 is 1.13 bits per heavy atom. The van der Waals surface area contributed by atoms with E-state index in [4.69, 9.17) is 11.1 Å². The lowest BCUT2D eigenvalue weighted by Crippen LogP contribution is -2.24. The smallest absolute Gasteiger partial charge is 0.383 e. The van der Waals surface area contributed by atoms with Crippen molar-refractivity contribution >= 4 is 23.2 Å². The van der Waals surface area contributed by atoms with Crippen molar-refractivity contribution in [3.63, 3.8) is 0 Å². The zero-order chi connectivity index (χ0) is 22.2. The molecule has 1 heterocycles. The van der Waals surface area contributed by atoms with Crippen LogP contribution in [0.5, 0.6) is 0 Å². The molecule has 8 heteroatoms. The standard InChI is InChI=1S/C23H22F3N5/c1-2-18-14-7-3-4-8-15(14)21(29-18)31-22(19(27)13-11-12-13)30-20(28)16-9-5-6-10-17(16)23(24,25)26/h3-10,13,18,27H,2,11-12H2,1H3,(H2,28,29,30,31). The highest BCUT2D eigenvalue weighted by Crippen LogP contribution is 2.34. The van der Waals surface area contributed by atoms with Crippen LogP contribution < -0.4 is 5.73 Å². The maximum absolute atomic E-state index is 13.4.